The smallest absolute Gasteiger partial charge is 0.345 e. The first-order valence-corrected chi connectivity index (χ1v) is 9.46. The van der Waals surface area contributed by atoms with Gasteiger partial charge in [0.2, 0.25) is 10.0 Å². The zero-order chi connectivity index (χ0) is 20.9. The highest BCUT2D eigenvalue weighted by Crippen LogP contribution is 2.30. The lowest BCUT2D eigenvalue weighted by atomic mass is 10.1. The van der Waals surface area contributed by atoms with Gasteiger partial charge in [-0.25, -0.2) is 8.42 Å². The SMILES string of the molecule is CN(C)C(=O)c1ccc(C#CCNS(=O)(=O)c2cccc(C(F)(F)F)c2)cc1. The van der Waals surface area contributed by atoms with Crippen molar-refractivity contribution in [3.63, 3.8) is 0 Å². The first-order chi connectivity index (χ1) is 13.0. The molecule has 0 fully saturated rings. The first kappa shape index (κ1) is 21.5. The second kappa shape index (κ2) is 8.46. The summed E-state index contributed by atoms with van der Waals surface area (Å²) in [5.74, 6) is 5.14. The Morgan fingerprint density at radius 3 is 2.32 bits per heavy atom. The predicted molar refractivity (Wildman–Crippen MR) is 98.0 cm³/mol. The van der Waals surface area contributed by atoms with Crippen LogP contribution in [0, 0.1) is 11.8 Å². The summed E-state index contributed by atoms with van der Waals surface area (Å²) < 4.78 is 64.5. The van der Waals surface area contributed by atoms with Crippen molar-refractivity contribution in [1.82, 2.24) is 9.62 Å². The van der Waals surface area contributed by atoms with Gasteiger partial charge in [0.1, 0.15) is 0 Å². The molecule has 0 aliphatic carbocycles. The van der Waals surface area contributed by atoms with Crippen molar-refractivity contribution in [3.8, 4) is 11.8 Å². The molecule has 0 aliphatic heterocycles. The number of alkyl halides is 3. The van der Waals surface area contributed by atoms with Crippen molar-refractivity contribution in [1.29, 1.82) is 0 Å². The van der Waals surface area contributed by atoms with Crippen LogP contribution in [0.25, 0.3) is 0 Å². The molecule has 28 heavy (non-hydrogen) atoms. The fraction of sp³-hybridized carbons (Fsp3) is 0.211. The number of halogens is 3. The molecule has 0 unspecified atom stereocenters. The van der Waals surface area contributed by atoms with Crippen LogP contribution in [0.15, 0.2) is 53.4 Å². The van der Waals surface area contributed by atoms with E-state index in [-0.39, 0.29) is 12.5 Å². The zero-order valence-corrected chi connectivity index (χ0v) is 15.9. The van der Waals surface area contributed by atoms with Crippen LogP contribution in [0.1, 0.15) is 21.5 Å². The number of nitrogens with zero attached hydrogens (tertiary/aromatic N) is 1. The maximum absolute atomic E-state index is 12.7. The zero-order valence-electron chi connectivity index (χ0n) is 15.0. The number of sulfonamides is 1. The summed E-state index contributed by atoms with van der Waals surface area (Å²) in [5.41, 5.74) is 0.00296. The normalized spacial score (nSPS) is 11.5. The lowest BCUT2D eigenvalue weighted by Gasteiger charge is -2.09. The quantitative estimate of drug-likeness (QED) is 0.789. The van der Waals surface area contributed by atoms with Gasteiger partial charge in [0.15, 0.2) is 0 Å². The maximum Gasteiger partial charge on any atom is 0.416 e. The van der Waals surface area contributed by atoms with Gasteiger partial charge in [0.05, 0.1) is 17.0 Å². The lowest BCUT2D eigenvalue weighted by molar-refractivity contribution is -0.137. The summed E-state index contributed by atoms with van der Waals surface area (Å²) in [6.45, 7) is -0.281. The molecule has 1 amide bonds. The average molecular weight is 410 g/mol. The van der Waals surface area contributed by atoms with E-state index in [0.717, 1.165) is 18.2 Å². The summed E-state index contributed by atoms with van der Waals surface area (Å²) >= 11 is 0. The van der Waals surface area contributed by atoms with E-state index in [9.17, 15) is 26.4 Å². The van der Waals surface area contributed by atoms with Gasteiger partial charge < -0.3 is 4.90 Å². The summed E-state index contributed by atoms with van der Waals surface area (Å²) in [6.07, 6.45) is -4.63. The monoisotopic (exact) mass is 410 g/mol. The van der Waals surface area contributed by atoms with Crippen LogP contribution in [-0.2, 0) is 16.2 Å². The maximum atomic E-state index is 12.7. The van der Waals surface area contributed by atoms with Crippen LogP contribution in [-0.4, -0.2) is 39.9 Å². The van der Waals surface area contributed by atoms with Gasteiger partial charge >= 0.3 is 6.18 Å². The van der Waals surface area contributed by atoms with Crippen LogP contribution >= 0.6 is 0 Å². The van der Waals surface area contributed by atoms with Gasteiger partial charge in [-0.15, -0.1) is 0 Å². The van der Waals surface area contributed by atoms with Gasteiger partial charge in [-0.05, 0) is 42.5 Å². The van der Waals surface area contributed by atoms with Crippen LogP contribution < -0.4 is 4.72 Å². The molecule has 0 atom stereocenters. The van der Waals surface area contributed by atoms with E-state index in [4.69, 9.17) is 0 Å². The van der Waals surface area contributed by atoms with E-state index in [0.29, 0.717) is 17.2 Å². The third kappa shape index (κ3) is 5.58. The molecule has 2 aromatic carbocycles. The van der Waals surface area contributed by atoms with E-state index in [1.165, 1.54) is 4.90 Å². The van der Waals surface area contributed by atoms with Gasteiger partial charge in [-0.1, -0.05) is 17.9 Å². The summed E-state index contributed by atoms with van der Waals surface area (Å²) in [4.78, 5) is 12.7. The number of carbonyl (C=O) groups excluding carboxylic acids is 1. The fourth-order valence-electron chi connectivity index (χ4n) is 2.15. The highest BCUT2D eigenvalue weighted by atomic mass is 32.2. The third-order valence-electron chi connectivity index (χ3n) is 3.59. The Hall–Kier alpha value is -2.83. The van der Waals surface area contributed by atoms with Crippen molar-refractivity contribution in [2.75, 3.05) is 20.6 Å². The molecule has 9 heteroatoms. The molecular weight excluding hydrogens is 393 g/mol. The molecule has 0 bridgehead atoms. The largest absolute Gasteiger partial charge is 0.416 e. The Labute approximate surface area is 161 Å². The molecule has 148 valence electrons. The Morgan fingerprint density at radius 2 is 1.75 bits per heavy atom. The third-order valence-corrected chi connectivity index (χ3v) is 4.99. The van der Waals surface area contributed by atoms with Crippen molar-refractivity contribution in [2.24, 2.45) is 0 Å². The number of hydrogen-bond acceptors (Lipinski definition) is 3. The van der Waals surface area contributed by atoms with Crippen molar-refractivity contribution in [3.05, 3.63) is 65.2 Å². The average Bonchev–Trinajstić information content (AvgIpc) is 2.64. The van der Waals surface area contributed by atoms with E-state index >= 15 is 0 Å². The molecule has 0 aromatic heterocycles. The molecule has 0 saturated carbocycles. The Balaban J connectivity index is 2.05. The van der Waals surface area contributed by atoms with Crippen LogP contribution in [0.4, 0.5) is 13.2 Å². The van der Waals surface area contributed by atoms with E-state index in [2.05, 4.69) is 16.6 Å². The molecule has 0 heterocycles. The van der Waals surface area contributed by atoms with E-state index in [1.54, 1.807) is 38.4 Å². The van der Waals surface area contributed by atoms with Gasteiger partial charge in [-0.3, -0.25) is 4.79 Å². The number of rotatable bonds is 4. The topological polar surface area (TPSA) is 66.5 Å². The molecule has 0 saturated heterocycles. The Bertz CT molecular complexity index is 1020. The second-order valence-electron chi connectivity index (χ2n) is 5.93. The summed E-state index contributed by atoms with van der Waals surface area (Å²) in [5, 5.41) is 0. The molecule has 2 aromatic rings. The second-order valence-corrected chi connectivity index (χ2v) is 7.70. The van der Waals surface area contributed by atoms with Crippen molar-refractivity contribution < 1.29 is 26.4 Å². The number of amides is 1. The van der Waals surface area contributed by atoms with Gasteiger partial charge in [0, 0.05) is 25.2 Å². The van der Waals surface area contributed by atoms with Gasteiger partial charge in [-0.2, -0.15) is 17.9 Å². The highest BCUT2D eigenvalue weighted by Gasteiger charge is 2.31. The minimum atomic E-state index is -4.63. The summed E-state index contributed by atoms with van der Waals surface area (Å²) in [7, 11) is -0.865. The molecule has 0 radical (unpaired) electrons. The predicted octanol–water partition coefficient (Wildman–Crippen LogP) is 2.74. The minimum absolute atomic E-state index is 0.159. The highest BCUT2D eigenvalue weighted by molar-refractivity contribution is 7.89. The van der Waals surface area contributed by atoms with Crippen molar-refractivity contribution in [2.45, 2.75) is 11.1 Å². The Kier molecular flexibility index (Phi) is 6.48. The summed E-state index contributed by atoms with van der Waals surface area (Å²) in [6, 6.07) is 9.89. The van der Waals surface area contributed by atoms with Crippen LogP contribution in [0.3, 0.4) is 0 Å². The Morgan fingerprint density at radius 1 is 1.11 bits per heavy atom. The number of benzene rings is 2. The van der Waals surface area contributed by atoms with Crippen molar-refractivity contribution >= 4 is 15.9 Å². The first-order valence-electron chi connectivity index (χ1n) is 7.98. The van der Waals surface area contributed by atoms with Gasteiger partial charge in [0.25, 0.3) is 5.91 Å². The molecule has 0 spiro atoms. The lowest BCUT2D eigenvalue weighted by Crippen LogP contribution is -2.24. The molecule has 1 N–H and O–H groups in total. The minimum Gasteiger partial charge on any atom is -0.345 e. The van der Waals surface area contributed by atoms with Crippen LogP contribution in [0.2, 0.25) is 0 Å². The van der Waals surface area contributed by atoms with E-state index in [1.807, 2.05) is 0 Å². The molecule has 5 nitrogen and oxygen atoms in total. The molecular formula is C19H17F3N2O3S. The standard InChI is InChI=1S/C19H17F3N2O3S/c1-24(2)18(25)15-10-8-14(9-11-15)5-4-12-23-28(26,27)17-7-3-6-16(13-17)19(20,21)22/h3,6-11,13,23H,12H2,1-2H3. The van der Waals surface area contributed by atoms with Crippen LogP contribution in [0.5, 0.6) is 0 Å². The van der Waals surface area contributed by atoms with E-state index < -0.39 is 26.7 Å². The number of hydrogen-bond donors (Lipinski definition) is 1. The number of carbonyl (C=O) groups is 1. The molecule has 2 rings (SSSR count). The molecule has 0 aliphatic rings. The number of nitrogens with one attached hydrogen (secondary N) is 1. The fourth-order valence-corrected chi connectivity index (χ4v) is 3.12.